The van der Waals surface area contributed by atoms with Crippen molar-refractivity contribution >= 4 is 27.5 Å². The quantitative estimate of drug-likeness (QED) is 0.648. The zero-order valence-corrected chi connectivity index (χ0v) is 15.2. The van der Waals surface area contributed by atoms with Gasteiger partial charge in [0.1, 0.15) is 10.9 Å². The first-order valence-electron chi connectivity index (χ1n) is 8.27. The molecule has 2 aromatic heterocycles. The normalized spacial score (nSPS) is 13.6. The van der Waals surface area contributed by atoms with E-state index in [1.54, 1.807) is 6.92 Å². The van der Waals surface area contributed by atoms with Gasteiger partial charge in [-0.25, -0.2) is 9.78 Å². The summed E-state index contributed by atoms with van der Waals surface area (Å²) in [5, 5.41) is 2.47. The lowest BCUT2D eigenvalue weighted by atomic mass is 10.1. The van der Waals surface area contributed by atoms with E-state index < -0.39 is 12.0 Å². The summed E-state index contributed by atoms with van der Waals surface area (Å²) in [7, 11) is 0. The number of esters is 1. The summed E-state index contributed by atoms with van der Waals surface area (Å²) in [4.78, 5) is 30.3. The van der Waals surface area contributed by atoms with E-state index in [-0.39, 0.29) is 11.7 Å². The van der Waals surface area contributed by atoms with Gasteiger partial charge in [0, 0.05) is 10.9 Å². The average Bonchev–Trinajstić information content (AvgIpc) is 3.07. The van der Waals surface area contributed by atoms with Gasteiger partial charge in [-0.3, -0.25) is 9.36 Å². The standard InChI is InChI=1S/C19H20N2O3S/c1-4-12(2)24-19(23)13(3)21-11-20-17-16(18(21)22)15(10-25-17)14-8-6-5-7-9-14/h5-13H,4H2,1-3H3/t12-,13-/m0/s1. The Morgan fingerprint density at radius 3 is 2.68 bits per heavy atom. The summed E-state index contributed by atoms with van der Waals surface area (Å²) in [6, 6.07) is 8.99. The van der Waals surface area contributed by atoms with E-state index in [1.165, 1.54) is 22.2 Å². The Hall–Kier alpha value is -2.47. The molecule has 0 saturated heterocycles. The van der Waals surface area contributed by atoms with Crippen molar-refractivity contribution in [1.29, 1.82) is 0 Å². The van der Waals surface area contributed by atoms with Gasteiger partial charge in [-0.1, -0.05) is 37.3 Å². The minimum atomic E-state index is -0.720. The summed E-state index contributed by atoms with van der Waals surface area (Å²) < 4.78 is 6.71. The van der Waals surface area contributed by atoms with Crippen molar-refractivity contribution in [3.05, 3.63) is 52.4 Å². The monoisotopic (exact) mass is 356 g/mol. The molecule has 0 aliphatic carbocycles. The second-order valence-corrected chi connectivity index (χ2v) is 6.84. The lowest BCUT2D eigenvalue weighted by Crippen LogP contribution is -2.31. The number of aromatic nitrogens is 2. The van der Waals surface area contributed by atoms with E-state index in [0.717, 1.165) is 17.5 Å². The predicted molar refractivity (Wildman–Crippen MR) is 99.9 cm³/mol. The van der Waals surface area contributed by atoms with Gasteiger partial charge < -0.3 is 4.74 Å². The van der Waals surface area contributed by atoms with E-state index in [9.17, 15) is 9.59 Å². The number of carbonyl (C=O) groups excluding carboxylic acids is 1. The molecule has 0 fully saturated rings. The van der Waals surface area contributed by atoms with Crippen LogP contribution >= 0.6 is 11.3 Å². The number of nitrogens with zero attached hydrogens (tertiary/aromatic N) is 2. The fourth-order valence-electron chi connectivity index (χ4n) is 2.55. The number of hydrogen-bond acceptors (Lipinski definition) is 5. The summed E-state index contributed by atoms with van der Waals surface area (Å²) >= 11 is 1.43. The molecule has 3 aromatic rings. The van der Waals surface area contributed by atoms with Gasteiger partial charge in [0.25, 0.3) is 5.56 Å². The van der Waals surface area contributed by atoms with E-state index in [4.69, 9.17) is 4.74 Å². The molecule has 0 N–H and O–H groups in total. The molecule has 3 rings (SSSR count). The predicted octanol–water partition coefficient (Wildman–Crippen LogP) is 4.03. The molecule has 0 spiro atoms. The Morgan fingerprint density at radius 1 is 1.28 bits per heavy atom. The molecule has 0 bridgehead atoms. The SMILES string of the molecule is CC[C@H](C)OC(=O)[C@H](C)n1cnc2scc(-c3ccccc3)c2c1=O. The molecule has 0 saturated carbocycles. The third kappa shape index (κ3) is 3.35. The van der Waals surface area contributed by atoms with E-state index in [1.807, 2.05) is 49.6 Å². The number of carbonyl (C=O) groups is 1. The molecule has 5 nitrogen and oxygen atoms in total. The first kappa shape index (κ1) is 17.4. The van der Waals surface area contributed by atoms with Crippen LogP contribution in [-0.2, 0) is 9.53 Å². The molecule has 0 amide bonds. The largest absolute Gasteiger partial charge is 0.461 e. The fourth-order valence-corrected chi connectivity index (χ4v) is 3.45. The third-order valence-electron chi connectivity index (χ3n) is 4.25. The number of benzene rings is 1. The highest BCUT2D eigenvalue weighted by atomic mass is 32.1. The van der Waals surface area contributed by atoms with Gasteiger partial charge in [0.2, 0.25) is 0 Å². The Balaban J connectivity index is 2.05. The fraction of sp³-hybridized carbons (Fsp3) is 0.316. The van der Waals surface area contributed by atoms with Gasteiger partial charge in [-0.05, 0) is 25.8 Å². The molecule has 2 heterocycles. The van der Waals surface area contributed by atoms with Crippen LogP contribution in [0.4, 0.5) is 0 Å². The summed E-state index contributed by atoms with van der Waals surface area (Å²) in [6.07, 6.45) is 1.98. The maximum atomic E-state index is 13.0. The summed E-state index contributed by atoms with van der Waals surface area (Å²) in [6.45, 7) is 5.44. The maximum absolute atomic E-state index is 13.0. The Bertz CT molecular complexity index is 946. The summed E-state index contributed by atoms with van der Waals surface area (Å²) in [5.74, 6) is -0.422. The second-order valence-electron chi connectivity index (χ2n) is 5.98. The van der Waals surface area contributed by atoms with Crippen LogP contribution in [0.15, 0.2) is 46.8 Å². The summed E-state index contributed by atoms with van der Waals surface area (Å²) in [5.41, 5.74) is 1.58. The van der Waals surface area contributed by atoms with Gasteiger partial charge >= 0.3 is 5.97 Å². The molecular formula is C19H20N2O3S. The topological polar surface area (TPSA) is 61.2 Å². The lowest BCUT2D eigenvalue weighted by Gasteiger charge is -2.17. The van der Waals surface area contributed by atoms with Crippen molar-refractivity contribution in [3.63, 3.8) is 0 Å². The van der Waals surface area contributed by atoms with E-state index in [0.29, 0.717) is 10.2 Å². The van der Waals surface area contributed by atoms with Crippen molar-refractivity contribution in [1.82, 2.24) is 9.55 Å². The van der Waals surface area contributed by atoms with Gasteiger partial charge in [0.15, 0.2) is 0 Å². The molecule has 0 radical (unpaired) electrons. The molecule has 6 heteroatoms. The molecule has 130 valence electrons. The van der Waals surface area contributed by atoms with Gasteiger partial charge in [-0.15, -0.1) is 11.3 Å². The number of hydrogen-bond donors (Lipinski definition) is 0. The minimum absolute atomic E-state index is 0.177. The van der Waals surface area contributed by atoms with Crippen LogP contribution in [0.3, 0.4) is 0 Å². The van der Waals surface area contributed by atoms with Crippen molar-refractivity contribution in [2.24, 2.45) is 0 Å². The number of ether oxygens (including phenoxy) is 1. The van der Waals surface area contributed by atoms with Crippen LogP contribution in [0.5, 0.6) is 0 Å². The van der Waals surface area contributed by atoms with Crippen LogP contribution in [0.25, 0.3) is 21.3 Å². The first-order valence-corrected chi connectivity index (χ1v) is 9.15. The number of fused-ring (bicyclic) bond motifs is 1. The highest BCUT2D eigenvalue weighted by Crippen LogP contribution is 2.30. The molecule has 0 aliphatic heterocycles. The van der Waals surface area contributed by atoms with Gasteiger partial charge in [-0.2, -0.15) is 0 Å². The first-order chi connectivity index (χ1) is 12.0. The van der Waals surface area contributed by atoms with Crippen molar-refractivity contribution < 1.29 is 9.53 Å². The molecule has 25 heavy (non-hydrogen) atoms. The Morgan fingerprint density at radius 2 is 2.00 bits per heavy atom. The maximum Gasteiger partial charge on any atom is 0.329 e. The van der Waals surface area contributed by atoms with Crippen LogP contribution in [0, 0.1) is 0 Å². The highest BCUT2D eigenvalue weighted by molar-refractivity contribution is 7.17. The van der Waals surface area contributed by atoms with Crippen LogP contribution in [0.2, 0.25) is 0 Å². The Labute approximate surface area is 149 Å². The van der Waals surface area contributed by atoms with Crippen molar-refractivity contribution in [3.8, 4) is 11.1 Å². The van der Waals surface area contributed by atoms with E-state index >= 15 is 0 Å². The second kappa shape index (κ2) is 7.19. The van der Waals surface area contributed by atoms with Crippen LogP contribution in [0.1, 0.15) is 33.2 Å². The molecule has 1 aromatic carbocycles. The zero-order valence-electron chi connectivity index (χ0n) is 14.4. The molecule has 2 atom stereocenters. The molecular weight excluding hydrogens is 336 g/mol. The molecule has 0 aliphatic rings. The number of thiophene rings is 1. The van der Waals surface area contributed by atoms with Crippen molar-refractivity contribution in [2.45, 2.75) is 39.3 Å². The average molecular weight is 356 g/mol. The third-order valence-corrected chi connectivity index (χ3v) is 5.14. The highest BCUT2D eigenvalue weighted by Gasteiger charge is 2.22. The lowest BCUT2D eigenvalue weighted by molar-refractivity contribution is -0.152. The minimum Gasteiger partial charge on any atom is -0.461 e. The Kier molecular flexibility index (Phi) is 4.99. The van der Waals surface area contributed by atoms with Crippen LogP contribution in [-0.4, -0.2) is 21.6 Å². The molecule has 0 unspecified atom stereocenters. The van der Waals surface area contributed by atoms with Crippen LogP contribution < -0.4 is 5.56 Å². The zero-order chi connectivity index (χ0) is 18.0. The van der Waals surface area contributed by atoms with E-state index in [2.05, 4.69) is 4.98 Å². The number of rotatable bonds is 5. The smallest absolute Gasteiger partial charge is 0.329 e. The van der Waals surface area contributed by atoms with Crippen molar-refractivity contribution in [2.75, 3.05) is 0 Å². The van der Waals surface area contributed by atoms with Gasteiger partial charge in [0.05, 0.1) is 17.8 Å².